The Kier molecular flexibility index (Phi) is 25.8. The highest BCUT2D eigenvalue weighted by Gasteiger charge is 1.74. The van der Waals surface area contributed by atoms with E-state index in [0.29, 0.717) is 0 Å². The van der Waals surface area contributed by atoms with Crippen LogP contribution < -0.4 is 0 Å². The first-order valence-electron chi connectivity index (χ1n) is 4.81. The fourth-order valence-corrected chi connectivity index (χ4v) is 0.577. The molecule has 14 heavy (non-hydrogen) atoms. The highest BCUT2D eigenvalue weighted by atomic mass is 27.1. The van der Waals surface area contributed by atoms with Crippen LogP contribution >= 0.6 is 0 Å². The van der Waals surface area contributed by atoms with Gasteiger partial charge in [0.1, 0.15) is 11.6 Å². The van der Waals surface area contributed by atoms with Gasteiger partial charge in [0, 0.05) is 6.61 Å². The monoisotopic (exact) mass is 218 g/mol. The van der Waals surface area contributed by atoms with Gasteiger partial charge in [0.25, 0.3) is 0 Å². The van der Waals surface area contributed by atoms with Crippen LogP contribution in [-0.4, -0.2) is 34.8 Å². The molecule has 0 N–H and O–H groups in total. The molecule has 0 bridgehead atoms. The lowest BCUT2D eigenvalue weighted by Gasteiger charge is -1.91. The van der Waals surface area contributed by atoms with Gasteiger partial charge in [0.15, 0.2) is 0 Å². The fraction of sp³-hybridized carbons (Fsp3) is 0.800. The second-order valence-electron chi connectivity index (χ2n) is 3.16. The van der Waals surface area contributed by atoms with Crippen LogP contribution in [0.2, 0.25) is 0 Å². The maximum absolute atomic E-state index is 9.44. The summed E-state index contributed by atoms with van der Waals surface area (Å²) in [5.74, 6) is 0.333. The summed E-state index contributed by atoms with van der Waals surface area (Å²) in [6, 6.07) is 0. The molecule has 4 heteroatoms. The zero-order valence-electron chi connectivity index (χ0n) is 10.3. The van der Waals surface area contributed by atoms with Crippen molar-refractivity contribution in [2.24, 2.45) is 0 Å². The van der Waals surface area contributed by atoms with Gasteiger partial charge in [0.2, 0.25) is 0 Å². The molecule has 0 aliphatic heterocycles. The van der Waals surface area contributed by atoms with Crippen molar-refractivity contribution in [1.29, 1.82) is 0 Å². The minimum absolute atomic E-state index is 0.167. The molecule has 84 valence electrons. The Morgan fingerprint density at radius 1 is 1.07 bits per heavy atom. The summed E-state index contributed by atoms with van der Waals surface area (Å²) < 4.78 is 4.92. The van der Waals surface area contributed by atoms with E-state index in [4.69, 9.17) is 3.79 Å². The van der Waals surface area contributed by atoms with Gasteiger partial charge in [-0.3, -0.25) is 0 Å². The molecule has 0 aromatic heterocycles. The molecule has 0 atom stereocenters. The Morgan fingerprint density at radius 2 is 1.36 bits per heavy atom. The number of rotatable bonds is 3. The molecule has 0 aromatic carbocycles. The van der Waals surface area contributed by atoms with Crippen LogP contribution in [0.1, 0.15) is 47.5 Å². The van der Waals surface area contributed by atoms with Gasteiger partial charge in [-0.2, -0.15) is 0 Å². The average Bonchev–Trinajstić information content (AvgIpc) is 1.98. The SMILES string of the molecule is CC(C)=O.CC(C)=O.CCCC[O][AlH2]. The molecule has 0 rings (SSSR count). The summed E-state index contributed by atoms with van der Waals surface area (Å²) in [6.07, 6.45) is 2.48. The predicted molar refractivity (Wildman–Crippen MR) is 62.1 cm³/mol. The standard InChI is InChI=1S/C4H9O.2C3H6O.Al.2H/c1-2-3-4-5;2*1-3(2)4;;;/h2-4H2,1H3;2*1-2H3;;;/q-1;;;+1;;. The molecular formula is C10H23AlO3. The largest absolute Gasteiger partial charge is 0.506 e. The van der Waals surface area contributed by atoms with Crippen molar-refractivity contribution >= 4 is 28.2 Å². The van der Waals surface area contributed by atoms with Crippen LogP contribution in [-0.2, 0) is 13.4 Å². The van der Waals surface area contributed by atoms with Gasteiger partial charge in [-0.15, -0.1) is 0 Å². The molecule has 0 saturated heterocycles. The number of carbonyl (C=O) groups is 2. The third kappa shape index (κ3) is 173. The number of carbonyl (C=O) groups excluding carboxylic acids is 2. The summed E-state index contributed by atoms with van der Waals surface area (Å²) in [6.45, 7) is 9.25. The third-order valence-electron chi connectivity index (χ3n) is 0.702. The molecule has 0 spiro atoms. The molecule has 0 heterocycles. The summed E-state index contributed by atoms with van der Waals surface area (Å²) in [5.41, 5.74) is 0. The Labute approximate surface area is 96.0 Å². The van der Waals surface area contributed by atoms with Crippen LogP contribution in [0.3, 0.4) is 0 Å². The Bertz CT molecular complexity index is 111. The maximum atomic E-state index is 9.44. The summed E-state index contributed by atoms with van der Waals surface area (Å²) in [4.78, 5) is 18.9. The fourth-order valence-electron chi connectivity index (χ4n) is 0.289. The highest BCUT2D eigenvalue weighted by Crippen LogP contribution is 1.82. The molecule has 0 aliphatic rings. The number of hydrogen-bond donors (Lipinski definition) is 0. The van der Waals surface area contributed by atoms with Crippen molar-refractivity contribution < 1.29 is 13.4 Å². The van der Waals surface area contributed by atoms with Gasteiger partial charge in [-0.25, -0.2) is 0 Å². The van der Waals surface area contributed by atoms with E-state index in [9.17, 15) is 9.59 Å². The normalized spacial score (nSPS) is 7.50. The molecule has 0 unspecified atom stereocenters. The van der Waals surface area contributed by atoms with Crippen LogP contribution in [0.5, 0.6) is 0 Å². The van der Waals surface area contributed by atoms with Gasteiger partial charge in [-0.1, -0.05) is 13.3 Å². The molecule has 0 aliphatic carbocycles. The van der Waals surface area contributed by atoms with Crippen LogP contribution in [0.25, 0.3) is 0 Å². The second-order valence-corrected chi connectivity index (χ2v) is 3.74. The van der Waals surface area contributed by atoms with Crippen molar-refractivity contribution in [3.05, 3.63) is 0 Å². The van der Waals surface area contributed by atoms with Crippen LogP contribution in [0.4, 0.5) is 0 Å². The maximum Gasteiger partial charge on any atom is 0.410 e. The summed E-state index contributed by atoms with van der Waals surface area (Å²) in [7, 11) is 0. The second kappa shape index (κ2) is 18.6. The molecular weight excluding hydrogens is 195 g/mol. The summed E-state index contributed by atoms with van der Waals surface area (Å²) >= 11 is 0.903. The van der Waals surface area contributed by atoms with Gasteiger partial charge < -0.3 is 13.4 Å². The Balaban J connectivity index is -0.000000135. The first kappa shape index (κ1) is 19.4. The zero-order chi connectivity index (χ0) is 12.0. The van der Waals surface area contributed by atoms with Crippen molar-refractivity contribution in [2.75, 3.05) is 6.61 Å². The van der Waals surface area contributed by atoms with E-state index in [0.717, 1.165) is 23.2 Å². The molecule has 0 amide bonds. The predicted octanol–water partition coefficient (Wildman–Crippen LogP) is 1.54. The number of Topliss-reactive ketones (excluding diaryl/α,β-unsaturated/α-hetero) is 2. The molecule has 0 aromatic rings. The number of ketones is 2. The molecule has 3 nitrogen and oxygen atoms in total. The van der Waals surface area contributed by atoms with Gasteiger partial charge in [0.05, 0.1) is 0 Å². The van der Waals surface area contributed by atoms with Crippen LogP contribution in [0.15, 0.2) is 0 Å². The quantitative estimate of drug-likeness (QED) is 0.533. The minimum atomic E-state index is 0.167. The van der Waals surface area contributed by atoms with E-state index in [1.54, 1.807) is 0 Å². The first-order valence-corrected chi connectivity index (χ1v) is 5.63. The van der Waals surface area contributed by atoms with E-state index >= 15 is 0 Å². The lowest BCUT2D eigenvalue weighted by molar-refractivity contribution is -0.115. The summed E-state index contributed by atoms with van der Waals surface area (Å²) in [5, 5.41) is 0. The average molecular weight is 218 g/mol. The topological polar surface area (TPSA) is 43.4 Å². The lowest BCUT2D eigenvalue weighted by Crippen LogP contribution is -1.85. The van der Waals surface area contributed by atoms with Crippen molar-refractivity contribution in [2.45, 2.75) is 47.5 Å². The van der Waals surface area contributed by atoms with Crippen LogP contribution in [0, 0.1) is 0 Å². The van der Waals surface area contributed by atoms with E-state index in [2.05, 4.69) is 6.92 Å². The minimum Gasteiger partial charge on any atom is -0.506 e. The smallest absolute Gasteiger partial charge is 0.410 e. The Morgan fingerprint density at radius 3 is 1.43 bits per heavy atom. The first-order chi connectivity index (χ1) is 6.38. The van der Waals surface area contributed by atoms with E-state index in [-0.39, 0.29) is 11.6 Å². The lowest BCUT2D eigenvalue weighted by atomic mass is 10.4. The van der Waals surface area contributed by atoms with Crippen molar-refractivity contribution in [3.8, 4) is 0 Å². The van der Waals surface area contributed by atoms with E-state index in [1.165, 1.54) is 40.5 Å². The van der Waals surface area contributed by atoms with E-state index < -0.39 is 0 Å². The van der Waals surface area contributed by atoms with Crippen molar-refractivity contribution in [1.82, 2.24) is 0 Å². The Hall–Kier alpha value is -0.168. The number of unbranched alkanes of at least 4 members (excludes halogenated alkanes) is 1. The van der Waals surface area contributed by atoms with Gasteiger partial charge in [-0.05, 0) is 34.1 Å². The van der Waals surface area contributed by atoms with E-state index in [1.807, 2.05) is 0 Å². The molecule has 0 fully saturated rings. The van der Waals surface area contributed by atoms with Crippen molar-refractivity contribution in [3.63, 3.8) is 0 Å². The van der Waals surface area contributed by atoms with Gasteiger partial charge >= 0.3 is 16.6 Å². The highest BCUT2D eigenvalue weighted by molar-refractivity contribution is 5.97. The zero-order valence-corrected chi connectivity index (χ0v) is 12.3. The molecule has 0 radical (unpaired) electrons. The number of hydrogen-bond acceptors (Lipinski definition) is 3. The molecule has 0 saturated carbocycles. The third-order valence-corrected chi connectivity index (χ3v) is 1.11.